The Balaban J connectivity index is 1.47. The standard InChI is InChI=1S/C29H29N7O3/c1-17-6-8-19(9-7-17)16-36-26-21(32-28(36)35-10-11-38-24-5-3-4-23(24)35)13-22(27-33-29(37)39-34-27)31-25(26)20-12-18(2)14-30-15-20/h3-5,10-15,17,19,23H,6-9,16H2,1-2H3,(H,33,34,37)/t17-,19-,23-/m1/s1. The molecule has 4 aromatic heterocycles. The van der Waals surface area contributed by atoms with Gasteiger partial charge in [-0.25, -0.2) is 14.8 Å². The second-order valence-corrected chi connectivity index (χ2v) is 10.8. The Labute approximate surface area is 224 Å². The first kappa shape index (κ1) is 23.6. The molecule has 39 heavy (non-hydrogen) atoms. The van der Waals surface area contributed by atoms with Crippen LogP contribution in [-0.2, 0) is 11.3 Å². The molecule has 10 nitrogen and oxygen atoms in total. The van der Waals surface area contributed by atoms with Crippen LogP contribution in [0.15, 0.2) is 70.3 Å². The summed E-state index contributed by atoms with van der Waals surface area (Å²) >= 11 is 0. The molecule has 1 fully saturated rings. The maximum absolute atomic E-state index is 11.8. The van der Waals surface area contributed by atoms with Gasteiger partial charge in [-0.05, 0) is 55.4 Å². The van der Waals surface area contributed by atoms with Gasteiger partial charge in [0.15, 0.2) is 0 Å². The molecule has 0 saturated heterocycles. The van der Waals surface area contributed by atoms with Crippen LogP contribution < -0.4 is 10.7 Å². The summed E-state index contributed by atoms with van der Waals surface area (Å²) in [5.41, 5.74) is 4.80. The number of allylic oxidation sites excluding steroid dienone is 2. The molecular formula is C29H29N7O3. The second-order valence-electron chi connectivity index (χ2n) is 10.8. The highest BCUT2D eigenvalue weighted by Gasteiger charge is 2.32. The molecule has 0 bridgehead atoms. The summed E-state index contributed by atoms with van der Waals surface area (Å²) in [4.78, 5) is 31.2. The fourth-order valence-electron chi connectivity index (χ4n) is 5.88. The van der Waals surface area contributed by atoms with Crippen LogP contribution in [0.1, 0.15) is 38.2 Å². The number of aryl methyl sites for hydroxylation is 1. The van der Waals surface area contributed by atoms with E-state index in [2.05, 4.69) is 43.7 Å². The average Bonchev–Trinajstić information content (AvgIpc) is 3.68. The summed E-state index contributed by atoms with van der Waals surface area (Å²) in [5, 5.41) is 3.90. The third kappa shape index (κ3) is 4.25. The number of hydrogen-bond donors (Lipinski definition) is 1. The molecule has 3 aliphatic rings. The zero-order valence-corrected chi connectivity index (χ0v) is 21.9. The maximum atomic E-state index is 11.8. The first-order valence-corrected chi connectivity index (χ1v) is 13.4. The van der Waals surface area contributed by atoms with E-state index in [4.69, 9.17) is 19.2 Å². The second kappa shape index (κ2) is 9.37. The Kier molecular flexibility index (Phi) is 5.68. The quantitative estimate of drug-likeness (QED) is 0.384. The summed E-state index contributed by atoms with van der Waals surface area (Å²) in [6.45, 7) is 5.18. The number of aromatic amines is 1. The molecule has 0 unspecified atom stereocenters. The normalized spacial score (nSPS) is 22.3. The topological polar surface area (TPSA) is 115 Å². The van der Waals surface area contributed by atoms with Gasteiger partial charge in [-0.15, -0.1) is 0 Å². The molecule has 0 amide bonds. The predicted molar refractivity (Wildman–Crippen MR) is 146 cm³/mol. The van der Waals surface area contributed by atoms with Crippen molar-refractivity contribution in [2.45, 2.75) is 52.1 Å². The molecule has 0 aromatic carbocycles. The zero-order valence-electron chi connectivity index (χ0n) is 21.9. The molecule has 1 saturated carbocycles. The van der Waals surface area contributed by atoms with Crippen LogP contribution >= 0.6 is 0 Å². The van der Waals surface area contributed by atoms with Gasteiger partial charge in [0, 0.05) is 30.7 Å². The largest absolute Gasteiger partial charge is 0.465 e. The van der Waals surface area contributed by atoms with Gasteiger partial charge in [-0.1, -0.05) is 37.1 Å². The SMILES string of the molecule is Cc1cncc(-c2nc(-c3noc(=O)[nH]3)cc3nc(N4C=COC5=CC=C[C@H]54)n(C[C@H]4CC[C@H](C)CC4)c23)c1. The number of imidazole rings is 1. The Hall–Kier alpha value is -4.47. The van der Waals surface area contributed by atoms with Crippen molar-refractivity contribution in [1.29, 1.82) is 0 Å². The summed E-state index contributed by atoms with van der Waals surface area (Å²) in [6.07, 6.45) is 18.2. The lowest BCUT2D eigenvalue weighted by molar-refractivity contribution is 0.266. The zero-order chi connectivity index (χ0) is 26.5. The fourth-order valence-corrected chi connectivity index (χ4v) is 5.88. The average molecular weight is 524 g/mol. The van der Waals surface area contributed by atoms with E-state index in [9.17, 15) is 4.79 Å². The van der Waals surface area contributed by atoms with Gasteiger partial charge < -0.3 is 14.2 Å². The lowest BCUT2D eigenvalue weighted by Gasteiger charge is -2.32. The molecule has 1 N–H and O–H groups in total. The Morgan fingerprint density at radius 3 is 2.79 bits per heavy atom. The van der Waals surface area contributed by atoms with Crippen molar-refractivity contribution in [3.05, 3.63) is 77.1 Å². The number of H-pyrrole nitrogens is 1. The maximum Gasteiger partial charge on any atom is 0.439 e. The molecule has 2 aliphatic carbocycles. The number of fused-ring (bicyclic) bond motifs is 2. The van der Waals surface area contributed by atoms with Crippen LogP contribution in [0.5, 0.6) is 0 Å². The number of hydrogen-bond acceptors (Lipinski definition) is 8. The number of ether oxygens (including phenoxy) is 1. The number of nitrogens with zero attached hydrogens (tertiary/aromatic N) is 6. The molecule has 0 spiro atoms. The van der Waals surface area contributed by atoms with Gasteiger partial charge in [0.25, 0.3) is 0 Å². The van der Waals surface area contributed by atoms with Crippen LogP contribution in [0.2, 0.25) is 0 Å². The van der Waals surface area contributed by atoms with E-state index < -0.39 is 5.76 Å². The van der Waals surface area contributed by atoms with Gasteiger partial charge in [0.1, 0.15) is 23.8 Å². The highest BCUT2D eigenvalue weighted by atomic mass is 16.5. The van der Waals surface area contributed by atoms with Crippen LogP contribution in [0.4, 0.5) is 5.95 Å². The number of rotatable bonds is 5. The van der Waals surface area contributed by atoms with Crippen molar-refractivity contribution < 1.29 is 9.26 Å². The minimum atomic E-state index is -0.630. The highest BCUT2D eigenvalue weighted by molar-refractivity contribution is 5.94. The Morgan fingerprint density at radius 1 is 1.13 bits per heavy atom. The van der Waals surface area contributed by atoms with E-state index in [1.54, 1.807) is 6.26 Å². The summed E-state index contributed by atoms with van der Waals surface area (Å²) < 4.78 is 12.9. The molecule has 1 atom stereocenters. The molecule has 5 heterocycles. The monoisotopic (exact) mass is 523 g/mol. The van der Waals surface area contributed by atoms with E-state index in [1.807, 2.05) is 43.7 Å². The van der Waals surface area contributed by atoms with Crippen molar-refractivity contribution in [3.63, 3.8) is 0 Å². The van der Waals surface area contributed by atoms with Crippen LogP contribution in [0.25, 0.3) is 33.8 Å². The minimum absolute atomic E-state index is 0.0691. The van der Waals surface area contributed by atoms with Crippen LogP contribution in [0, 0.1) is 18.8 Å². The third-order valence-electron chi connectivity index (χ3n) is 7.91. The first-order valence-electron chi connectivity index (χ1n) is 13.4. The Bertz CT molecular complexity index is 1700. The van der Waals surface area contributed by atoms with Crippen molar-refractivity contribution in [2.75, 3.05) is 4.90 Å². The van der Waals surface area contributed by atoms with Crippen LogP contribution in [0.3, 0.4) is 0 Å². The summed E-state index contributed by atoms with van der Waals surface area (Å²) in [6, 6.07) is 3.86. The minimum Gasteiger partial charge on any atom is -0.465 e. The van der Waals surface area contributed by atoms with Crippen molar-refractivity contribution in [3.8, 4) is 22.8 Å². The lowest BCUT2D eigenvalue weighted by atomic mass is 9.83. The highest BCUT2D eigenvalue weighted by Crippen LogP contribution is 2.38. The van der Waals surface area contributed by atoms with Crippen molar-refractivity contribution >= 4 is 17.0 Å². The third-order valence-corrected chi connectivity index (χ3v) is 7.91. The van der Waals surface area contributed by atoms with Gasteiger partial charge in [-0.2, -0.15) is 0 Å². The van der Waals surface area contributed by atoms with Gasteiger partial charge in [0.05, 0.1) is 16.7 Å². The fraction of sp³-hybridized carbons (Fsp3) is 0.345. The van der Waals surface area contributed by atoms with Gasteiger partial charge >= 0.3 is 5.76 Å². The molecule has 7 rings (SSSR count). The van der Waals surface area contributed by atoms with E-state index in [-0.39, 0.29) is 11.9 Å². The number of anilines is 1. The molecule has 198 valence electrons. The number of pyridine rings is 2. The van der Waals surface area contributed by atoms with E-state index >= 15 is 0 Å². The van der Waals surface area contributed by atoms with Gasteiger partial charge in [-0.3, -0.25) is 14.5 Å². The van der Waals surface area contributed by atoms with Crippen molar-refractivity contribution in [2.24, 2.45) is 11.8 Å². The molecule has 10 heteroatoms. The molecule has 0 radical (unpaired) electrons. The number of nitrogens with one attached hydrogen (secondary N) is 1. The molecular weight excluding hydrogens is 494 g/mol. The van der Waals surface area contributed by atoms with Crippen molar-refractivity contribution in [1.82, 2.24) is 29.7 Å². The van der Waals surface area contributed by atoms with E-state index in [0.717, 1.165) is 52.0 Å². The Morgan fingerprint density at radius 2 is 2.00 bits per heavy atom. The summed E-state index contributed by atoms with van der Waals surface area (Å²) in [7, 11) is 0. The molecule has 4 aromatic rings. The first-order chi connectivity index (χ1) is 19.0. The smallest absolute Gasteiger partial charge is 0.439 e. The lowest BCUT2D eigenvalue weighted by Crippen LogP contribution is -2.35. The van der Waals surface area contributed by atoms with E-state index in [1.165, 1.54) is 25.7 Å². The van der Waals surface area contributed by atoms with E-state index in [0.29, 0.717) is 11.6 Å². The van der Waals surface area contributed by atoms with Crippen LogP contribution in [-0.4, -0.2) is 35.7 Å². The molecule has 1 aliphatic heterocycles. The number of aromatic nitrogens is 6. The van der Waals surface area contributed by atoms with Gasteiger partial charge in [0.2, 0.25) is 11.8 Å². The predicted octanol–water partition coefficient (Wildman–Crippen LogP) is 5.10. The summed E-state index contributed by atoms with van der Waals surface area (Å²) in [5.74, 6) is 2.61.